The number of ether oxygens (including phenoxy) is 1. The highest BCUT2D eigenvalue weighted by Crippen LogP contribution is 2.26. The van der Waals surface area contributed by atoms with Crippen LogP contribution in [0.1, 0.15) is 13.8 Å². The molecule has 1 aromatic rings. The highest BCUT2D eigenvalue weighted by Gasteiger charge is 2.24. The van der Waals surface area contributed by atoms with E-state index in [-0.39, 0.29) is 34.5 Å². The summed E-state index contributed by atoms with van der Waals surface area (Å²) in [6.45, 7) is 3.33. The Morgan fingerprint density at radius 1 is 1.23 bits per heavy atom. The van der Waals surface area contributed by atoms with E-state index in [0.29, 0.717) is 0 Å². The number of halogens is 1. The summed E-state index contributed by atoms with van der Waals surface area (Å²) in [7, 11) is -6.16. The van der Waals surface area contributed by atoms with Crippen LogP contribution in [0.3, 0.4) is 0 Å². The monoisotopic (exact) mass is 372 g/mol. The molecule has 0 unspecified atom stereocenters. The zero-order chi connectivity index (χ0) is 16.5. The molecule has 0 aliphatic carbocycles. The maximum Gasteiger partial charge on any atom is 0.244 e. The molecule has 0 aliphatic rings. The number of sulfone groups is 1. The van der Waals surface area contributed by atoms with Gasteiger partial charge in [0.25, 0.3) is 0 Å². The Morgan fingerprint density at radius 3 is 2.18 bits per heavy atom. The molecule has 0 bridgehead atoms. The summed E-state index contributed by atoms with van der Waals surface area (Å²) in [6, 6.07) is 3.67. The van der Waals surface area contributed by atoms with Gasteiger partial charge in [-0.3, -0.25) is 0 Å². The Hall–Kier alpha value is -0.870. The number of sulfonamides is 1. The van der Waals surface area contributed by atoms with Crippen molar-refractivity contribution in [3.63, 3.8) is 0 Å². The summed E-state index contributed by atoms with van der Waals surface area (Å²) in [6.07, 6.45) is 1.00. The largest absolute Gasteiger partial charge is 0.495 e. The van der Waals surface area contributed by atoms with Gasteiger partial charge in [0.1, 0.15) is 10.6 Å². The van der Waals surface area contributed by atoms with Gasteiger partial charge in [0, 0.05) is 18.3 Å². The van der Waals surface area contributed by atoms with E-state index >= 15 is 0 Å². The van der Waals surface area contributed by atoms with Crippen LogP contribution in [0.25, 0.3) is 0 Å². The van der Waals surface area contributed by atoms with Crippen LogP contribution in [0.4, 0.5) is 0 Å². The molecule has 1 aromatic carbocycles. The predicted octanol–water partition coefficient (Wildman–Crippen LogP) is 0.536. The van der Waals surface area contributed by atoms with E-state index in [1.54, 1.807) is 13.8 Å². The number of methoxy groups -OCH3 is 1. The first kappa shape index (κ1) is 21.1. The first-order valence-corrected chi connectivity index (χ1v) is 9.41. The highest BCUT2D eigenvalue weighted by molar-refractivity contribution is 7.91. The molecule has 10 heteroatoms. The van der Waals surface area contributed by atoms with E-state index in [1.165, 1.54) is 19.2 Å². The fourth-order valence-corrected chi connectivity index (χ4v) is 3.59. The molecule has 3 N–H and O–H groups in total. The molecule has 0 spiro atoms. The number of hydrogen-bond donors (Lipinski definition) is 2. The Labute approximate surface area is 137 Å². The van der Waals surface area contributed by atoms with Crippen LogP contribution in [-0.2, 0) is 19.9 Å². The maximum absolute atomic E-state index is 12.3. The summed E-state index contributed by atoms with van der Waals surface area (Å²) in [5.41, 5.74) is 5.00. The fourth-order valence-electron chi connectivity index (χ4n) is 1.46. The molecule has 22 heavy (non-hydrogen) atoms. The van der Waals surface area contributed by atoms with Crippen LogP contribution in [-0.4, -0.2) is 42.3 Å². The van der Waals surface area contributed by atoms with Gasteiger partial charge in [-0.05, 0) is 32.0 Å². The van der Waals surface area contributed by atoms with Crippen LogP contribution >= 0.6 is 12.4 Å². The lowest BCUT2D eigenvalue weighted by Gasteiger charge is -2.19. The third-order valence-electron chi connectivity index (χ3n) is 2.57. The first-order valence-electron chi connectivity index (χ1n) is 6.03. The summed E-state index contributed by atoms with van der Waals surface area (Å²) < 4.78 is 55.0. The van der Waals surface area contributed by atoms with Gasteiger partial charge in [-0.25, -0.2) is 21.6 Å². The molecule has 1 rings (SSSR count). The van der Waals surface area contributed by atoms with Crippen molar-refractivity contribution in [2.45, 2.75) is 29.2 Å². The topological polar surface area (TPSA) is 116 Å². The van der Waals surface area contributed by atoms with Crippen molar-refractivity contribution in [3.8, 4) is 5.75 Å². The smallest absolute Gasteiger partial charge is 0.244 e. The summed E-state index contributed by atoms with van der Waals surface area (Å²) >= 11 is 0. The molecule has 0 saturated carbocycles. The summed E-state index contributed by atoms with van der Waals surface area (Å²) in [5, 5.41) is 0. The van der Waals surface area contributed by atoms with Crippen molar-refractivity contribution >= 4 is 32.3 Å². The maximum atomic E-state index is 12.3. The number of nitrogens with one attached hydrogen (secondary N) is 1. The van der Waals surface area contributed by atoms with Crippen LogP contribution < -0.4 is 15.2 Å². The molecule has 0 saturated heterocycles. The Kier molecular flexibility index (Phi) is 6.85. The molecule has 0 aromatic heterocycles. The highest BCUT2D eigenvalue weighted by atomic mass is 35.5. The van der Waals surface area contributed by atoms with E-state index in [0.717, 1.165) is 12.3 Å². The van der Waals surface area contributed by atoms with Gasteiger partial charge in [0.2, 0.25) is 10.0 Å². The lowest BCUT2D eigenvalue weighted by molar-refractivity contribution is 0.401. The molecule has 0 aliphatic heterocycles. The van der Waals surface area contributed by atoms with E-state index in [4.69, 9.17) is 10.5 Å². The zero-order valence-corrected chi connectivity index (χ0v) is 15.2. The molecule has 128 valence electrons. The third kappa shape index (κ3) is 5.73. The molecule has 0 atom stereocenters. The van der Waals surface area contributed by atoms with E-state index in [2.05, 4.69) is 4.72 Å². The fraction of sp³-hybridized carbons (Fsp3) is 0.500. The molecule has 0 fully saturated rings. The van der Waals surface area contributed by atoms with Crippen molar-refractivity contribution in [2.24, 2.45) is 5.73 Å². The van der Waals surface area contributed by atoms with Gasteiger partial charge in [-0.15, -0.1) is 12.4 Å². The second kappa shape index (κ2) is 7.14. The molecule has 0 amide bonds. The molecular weight excluding hydrogens is 352 g/mol. The quantitative estimate of drug-likeness (QED) is 0.752. The lowest BCUT2D eigenvalue weighted by atomic mass is 10.1. The van der Waals surface area contributed by atoms with E-state index < -0.39 is 25.4 Å². The SMILES string of the molecule is COc1ccc(S(C)(=O)=O)cc1S(=O)(=O)NCC(C)(C)N.Cl. The minimum atomic E-state index is -3.94. The van der Waals surface area contributed by atoms with E-state index in [9.17, 15) is 16.8 Å². The van der Waals surface area contributed by atoms with Gasteiger partial charge >= 0.3 is 0 Å². The third-order valence-corrected chi connectivity index (χ3v) is 5.10. The van der Waals surface area contributed by atoms with Crippen LogP contribution in [0.5, 0.6) is 5.75 Å². The van der Waals surface area contributed by atoms with Gasteiger partial charge in [-0.1, -0.05) is 0 Å². The van der Waals surface area contributed by atoms with Gasteiger partial charge in [0.15, 0.2) is 9.84 Å². The summed E-state index contributed by atoms with van der Waals surface area (Å²) in [4.78, 5) is -0.340. The molecule has 0 radical (unpaired) electrons. The van der Waals surface area contributed by atoms with Crippen LogP contribution in [0.15, 0.2) is 28.0 Å². The number of hydrogen-bond acceptors (Lipinski definition) is 6. The van der Waals surface area contributed by atoms with E-state index in [1.807, 2.05) is 0 Å². The molecular formula is C12H21ClN2O5S2. The number of benzene rings is 1. The average Bonchev–Trinajstić information content (AvgIpc) is 2.34. The minimum absolute atomic E-state index is 0. The van der Waals surface area contributed by atoms with Crippen LogP contribution in [0, 0.1) is 0 Å². The normalized spacial score (nSPS) is 12.6. The Balaban J connectivity index is 0.00000441. The van der Waals surface area contributed by atoms with Crippen molar-refractivity contribution in [2.75, 3.05) is 19.9 Å². The lowest BCUT2D eigenvalue weighted by Crippen LogP contribution is -2.45. The van der Waals surface area contributed by atoms with Gasteiger partial charge in [-0.2, -0.15) is 0 Å². The van der Waals surface area contributed by atoms with Gasteiger partial charge in [0.05, 0.1) is 12.0 Å². The Bertz CT molecular complexity index is 724. The zero-order valence-electron chi connectivity index (χ0n) is 12.8. The average molecular weight is 373 g/mol. The number of nitrogens with two attached hydrogens (primary N) is 1. The van der Waals surface area contributed by atoms with Gasteiger partial charge < -0.3 is 10.5 Å². The first-order chi connectivity index (χ1) is 9.37. The summed E-state index contributed by atoms with van der Waals surface area (Å²) in [5.74, 6) is 0.0599. The van der Waals surface area contributed by atoms with Crippen molar-refractivity contribution < 1.29 is 21.6 Å². The second-order valence-corrected chi connectivity index (χ2v) is 9.15. The number of rotatable bonds is 6. The Morgan fingerprint density at radius 2 is 1.77 bits per heavy atom. The standard InChI is InChI=1S/C12H20N2O5S2.ClH/c1-12(2,13)8-14-21(17,18)11-7-9(20(4,15)16)5-6-10(11)19-3;/h5-7,14H,8,13H2,1-4H3;1H. The van der Waals surface area contributed by atoms with Crippen LogP contribution in [0.2, 0.25) is 0 Å². The van der Waals surface area contributed by atoms with Crippen molar-refractivity contribution in [1.82, 2.24) is 4.72 Å². The molecule has 7 nitrogen and oxygen atoms in total. The second-order valence-electron chi connectivity index (χ2n) is 5.40. The van der Waals surface area contributed by atoms with Crippen molar-refractivity contribution in [3.05, 3.63) is 18.2 Å². The molecule has 0 heterocycles. The predicted molar refractivity (Wildman–Crippen MR) is 86.8 cm³/mol. The van der Waals surface area contributed by atoms with Crippen molar-refractivity contribution in [1.29, 1.82) is 0 Å². The minimum Gasteiger partial charge on any atom is -0.495 e.